The molecule has 1 aromatic heterocycles. The fourth-order valence-corrected chi connectivity index (χ4v) is 0.712. The number of hydrogen-bond acceptors (Lipinski definition) is 3. The molecule has 4 N–H and O–H groups in total. The lowest BCUT2D eigenvalue weighted by Gasteiger charge is -2.08. The lowest BCUT2D eigenvalue weighted by Crippen LogP contribution is -2.12. The van der Waals surface area contributed by atoms with Crippen LogP contribution in [-0.2, 0) is 6.18 Å². The molecule has 1 rings (SSSR count). The summed E-state index contributed by atoms with van der Waals surface area (Å²) < 4.78 is 36.1. The van der Waals surface area contributed by atoms with Crippen molar-refractivity contribution in [1.29, 1.82) is 0 Å². The molecule has 0 saturated carbocycles. The number of nitrogen functional groups attached to an aromatic ring is 2. The molecule has 0 radical (unpaired) electrons. The van der Waals surface area contributed by atoms with E-state index in [-0.39, 0.29) is 5.82 Å². The van der Waals surface area contributed by atoms with Crippen molar-refractivity contribution >= 4 is 11.5 Å². The van der Waals surface area contributed by atoms with Gasteiger partial charge in [0.1, 0.15) is 5.82 Å². The quantitative estimate of drug-likeness (QED) is 0.627. The van der Waals surface area contributed by atoms with Crippen molar-refractivity contribution in [2.24, 2.45) is 0 Å². The summed E-state index contributed by atoms with van der Waals surface area (Å²) in [6, 6.07) is 2.29. The van der Waals surface area contributed by atoms with E-state index in [1.165, 1.54) is 6.07 Å². The molecule has 0 unspecified atom stereocenters. The van der Waals surface area contributed by atoms with Crippen molar-refractivity contribution in [3.05, 3.63) is 17.8 Å². The van der Waals surface area contributed by atoms with Crippen molar-refractivity contribution < 1.29 is 13.2 Å². The van der Waals surface area contributed by atoms with Gasteiger partial charge in [0.15, 0.2) is 5.69 Å². The Hall–Kier alpha value is -1.46. The molecule has 3 nitrogen and oxygen atoms in total. The molecule has 1 heterocycles. The first-order valence-corrected chi connectivity index (χ1v) is 3.00. The normalized spacial score (nSPS) is 11.6. The van der Waals surface area contributed by atoms with Gasteiger partial charge < -0.3 is 11.5 Å². The highest BCUT2D eigenvalue weighted by atomic mass is 19.4. The number of nitrogens with two attached hydrogens (primary N) is 2. The van der Waals surface area contributed by atoms with E-state index in [0.29, 0.717) is 0 Å². The Balaban J connectivity index is 3.23. The summed E-state index contributed by atoms with van der Waals surface area (Å²) in [5.41, 5.74) is 8.54. The van der Waals surface area contributed by atoms with Crippen molar-refractivity contribution in [3.63, 3.8) is 0 Å². The van der Waals surface area contributed by atoms with Gasteiger partial charge in [0, 0.05) is 0 Å². The summed E-state index contributed by atoms with van der Waals surface area (Å²) in [4.78, 5) is 3.07. The maximum absolute atomic E-state index is 12.0. The zero-order valence-electron chi connectivity index (χ0n) is 5.89. The second kappa shape index (κ2) is 2.54. The van der Waals surface area contributed by atoms with Crippen LogP contribution in [0.5, 0.6) is 0 Å². The topological polar surface area (TPSA) is 64.9 Å². The first kappa shape index (κ1) is 8.63. The molecule has 12 heavy (non-hydrogen) atoms. The molecule has 0 fully saturated rings. The van der Waals surface area contributed by atoms with E-state index in [1.54, 1.807) is 0 Å². The summed E-state index contributed by atoms with van der Waals surface area (Å²) in [7, 11) is 0. The van der Waals surface area contributed by atoms with E-state index >= 15 is 0 Å². The molecule has 1 aromatic rings. The molecular formula is C6H6F3N3. The fraction of sp³-hybridized carbons (Fsp3) is 0.167. The molecular weight excluding hydrogens is 171 g/mol. The smallest absolute Gasteiger partial charge is 0.397 e. The van der Waals surface area contributed by atoms with E-state index in [2.05, 4.69) is 4.98 Å². The highest BCUT2D eigenvalue weighted by Crippen LogP contribution is 2.31. The Labute approximate surface area is 66.2 Å². The van der Waals surface area contributed by atoms with E-state index in [1.807, 2.05) is 0 Å². The number of pyridine rings is 1. The zero-order valence-corrected chi connectivity index (χ0v) is 5.89. The molecule has 0 aliphatic rings. The van der Waals surface area contributed by atoms with Crippen LogP contribution in [-0.4, -0.2) is 4.98 Å². The average Bonchev–Trinajstić information content (AvgIpc) is 1.92. The van der Waals surface area contributed by atoms with Gasteiger partial charge in [-0.25, -0.2) is 4.98 Å². The number of halogens is 3. The maximum Gasteiger partial charge on any atom is 0.435 e. The van der Waals surface area contributed by atoms with Crippen LogP contribution in [0.1, 0.15) is 5.69 Å². The summed E-state index contributed by atoms with van der Waals surface area (Å²) in [5.74, 6) is -0.198. The molecule has 66 valence electrons. The Bertz CT molecular complexity index is 295. The standard InChI is InChI=1S/C6H6F3N3/c7-6(8,9)5-3(10)1-2-4(11)12-5/h1-2H,10H2,(H2,11,12). The lowest BCUT2D eigenvalue weighted by molar-refractivity contribution is -0.140. The largest absolute Gasteiger partial charge is 0.435 e. The highest BCUT2D eigenvalue weighted by Gasteiger charge is 2.34. The molecule has 0 aromatic carbocycles. The van der Waals surface area contributed by atoms with Gasteiger partial charge in [0.25, 0.3) is 0 Å². The molecule has 0 spiro atoms. The van der Waals surface area contributed by atoms with Crippen molar-refractivity contribution in [3.8, 4) is 0 Å². The third kappa shape index (κ3) is 1.58. The highest BCUT2D eigenvalue weighted by molar-refractivity contribution is 5.49. The summed E-state index contributed by atoms with van der Waals surface area (Å²) in [5, 5.41) is 0. The molecule has 0 aliphatic carbocycles. The van der Waals surface area contributed by atoms with E-state index in [9.17, 15) is 13.2 Å². The Kier molecular flexibility index (Phi) is 1.83. The van der Waals surface area contributed by atoms with Crippen molar-refractivity contribution in [2.45, 2.75) is 6.18 Å². The van der Waals surface area contributed by atoms with E-state index in [0.717, 1.165) is 6.07 Å². The number of hydrogen-bond donors (Lipinski definition) is 2. The van der Waals surface area contributed by atoms with E-state index < -0.39 is 17.6 Å². The van der Waals surface area contributed by atoms with Gasteiger partial charge in [-0.3, -0.25) is 0 Å². The van der Waals surface area contributed by atoms with Crippen LogP contribution in [0.25, 0.3) is 0 Å². The van der Waals surface area contributed by atoms with Gasteiger partial charge in [0.2, 0.25) is 0 Å². The second-order valence-corrected chi connectivity index (χ2v) is 2.17. The zero-order chi connectivity index (χ0) is 9.35. The van der Waals surface area contributed by atoms with E-state index in [4.69, 9.17) is 11.5 Å². The van der Waals surface area contributed by atoms with Crippen LogP contribution in [0, 0.1) is 0 Å². The van der Waals surface area contributed by atoms with Crippen LogP contribution in [0.4, 0.5) is 24.7 Å². The number of nitrogens with zero attached hydrogens (tertiary/aromatic N) is 1. The van der Waals surface area contributed by atoms with Crippen LogP contribution in [0.15, 0.2) is 12.1 Å². The molecule has 6 heteroatoms. The van der Waals surface area contributed by atoms with Crippen molar-refractivity contribution in [2.75, 3.05) is 11.5 Å². The minimum atomic E-state index is -4.54. The number of anilines is 2. The molecule has 0 atom stereocenters. The van der Waals surface area contributed by atoms with Gasteiger partial charge in [-0.1, -0.05) is 0 Å². The third-order valence-corrected chi connectivity index (χ3v) is 1.22. The molecule has 0 amide bonds. The van der Waals surface area contributed by atoms with Crippen molar-refractivity contribution in [1.82, 2.24) is 4.98 Å². The van der Waals surface area contributed by atoms with Crippen LogP contribution in [0.3, 0.4) is 0 Å². The van der Waals surface area contributed by atoms with Gasteiger partial charge in [-0.15, -0.1) is 0 Å². The summed E-state index contributed by atoms with van der Waals surface area (Å²) in [6.45, 7) is 0. The summed E-state index contributed by atoms with van der Waals surface area (Å²) >= 11 is 0. The fourth-order valence-electron chi connectivity index (χ4n) is 0.712. The molecule has 0 bridgehead atoms. The first-order valence-electron chi connectivity index (χ1n) is 3.00. The third-order valence-electron chi connectivity index (χ3n) is 1.22. The minimum Gasteiger partial charge on any atom is -0.397 e. The van der Waals surface area contributed by atoms with Gasteiger partial charge in [-0.2, -0.15) is 13.2 Å². The van der Waals surface area contributed by atoms with Crippen LogP contribution >= 0.6 is 0 Å². The predicted molar refractivity (Wildman–Crippen MR) is 38.1 cm³/mol. The minimum absolute atomic E-state index is 0.198. The van der Waals surface area contributed by atoms with Crippen LogP contribution in [0.2, 0.25) is 0 Å². The molecule has 0 saturated heterocycles. The van der Waals surface area contributed by atoms with Gasteiger partial charge in [-0.05, 0) is 12.1 Å². The maximum atomic E-state index is 12.0. The van der Waals surface area contributed by atoms with Gasteiger partial charge in [0.05, 0.1) is 5.69 Å². The Morgan fingerprint density at radius 3 is 2.17 bits per heavy atom. The second-order valence-electron chi connectivity index (χ2n) is 2.17. The predicted octanol–water partition coefficient (Wildman–Crippen LogP) is 1.26. The summed E-state index contributed by atoms with van der Waals surface area (Å²) in [6.07, 6.45) is -4.54. The molecule has 0 aliphatic heterocycles. The lowest BCUT2D eigenvalue weighted by atomic mass is 10.3. The van der Waals surface area contributed by atoms with Crippen LogP contribution < -0.4 is 11.5 Å². The first-order chi connectivity index (χ1) is 5.41. The monoisotopic (exact) mass is 177 g/mol. The Morgan fingerprint density at radius 1 is 1.17 bits per heavy atom. The number of rotatable bonds is 0. The SMILES string of the molecule is Nc1ccc(N)c(C(F)(F)F)n1. The number of aromatic nitrogens is 1. The van der Waals surface area contributed by atoms with Gasteiger partial charge >= 0.3 is 6.18 Å². The number of alkyl halides is 3. The Morgan fingerprint density at radius 2 is 1.75 bits per heavy atom. The average molecular weight is 177 g/mol.